The van der Waals surface area contributed by atoms with E-state index in [0.717, 1.165) is 5.56 Å². The van der Waals surface area contributed by atoms with Gasteiger partial charge in [0.2, 0.25) is 0 Å². The molecule has 0 aliphatic carbocycles. The van der Waals surface area contributed by atoms with E-state index in [-0.39, 0.29) is 0 Å². The fourth-order valence-electron chi connectivity index (χ4n) is 1.13. The van der Waals surface area contributed by atoms with Crippen molar-refractivity contribution >= 4 is 11.4 Å². The summed E-state index contributed by atoms with van der Waals surface area (Å²) >= 11 is 0. The second-order valence-electron chi connectivity index (χ2n) is 3.01. The van der Waals surface area contributed by atoms with Gasteiger partial charge in [0.1, 0.15) is 0 Å². The lowest BCUT2D eigenvalue weighted by atomic mass is 10.0. The summed E-state index contributed by atoms with van der Waals surface area (Å²) in [5, 5.41) is 9.28. The lowest BCUT2D eigenvalue weighted by molar-refractivity contribution is 0.200. The van der Waals surface area contributed by atoms with E-state index in [9.17, 15) is 5.11 Å². The van der Waals surface area contributed by atoms with Crippen LogP contribution < -0.4 is 11.5 Å². The van der Waals surface area contributed by atoms with E-state index in [1.807, 2.05) is 6.92 Å². The summed E-state index contributed by atoms with van der Waals surface area (Å²) < 4.78 is 0. The highest BCUT2D eigenvalue weighted by Crippen LogP contribution is 2.25. The molecule has 5 N–H and O–H groups in total. The highest BCUT2D eigenvalue weighted by atomic mass is 16.3. The number of aliphatic hydroxyl groups is 1. The first-order valence-corrected chi connectivity index (χ1v) is 3.86. The molecule has 0 radical (unpaired) electrons. The molecule has 3 heteroatoms. The number of nitrogens with two attached hydrogens (primary N) is 2. The number of aryl methyl sites for hydroxylation is 1. The lowest BCUT2D eigenvalue weighted by Crippen LogP contribution is -2.01. The van der Waals surface area contributed by atoms with Crippen molar-refractivity contribution < 1.29 is 5.11 Å². The topological polar surface area (TPSA) is 72.3 Å². The molecular weight excluding hydrogens is 152 g/mol. The third-order valence-electron chi connectivity index (χ3n) is 1.92. The molecule has 12 heavy (non-hydrogen) atoms. The minimum atomic E-state index is -0.562. The van der Waals surface area contributed by atoms with Gasteiger partial charge in [0.05, 0.1) is 6.10 Å². The van der Waals surface area contributed by atoms with Crippen molar-refractivity contribution in [1.29, 1.82) is 0 Å². The smallest absolute Gasteiger partial charge is 0.0782 e. The van der Waals surface area contributed by atoms with Gasteiger partial charge >= 0.3 is 0 Å². The van der Waals surface area contributed by atoms with Crippen molar-refractivity contribution in [2.75, 3.05) is 11.5 Å². The Kier molecular flexibility index (Phi) is 2.24. The van der Waals surface area contributed by atoms with Gasteiger partial charge < -0.3 is 16.6 Å². The Hall–Kier alpha value is -1.22. The zero-order valence-corrected chi connectivity index (χ0v) is 7.33. The molecular formula is C9H14N2O. The Bertz CT molecular complexity index is 295. The predicted octanol–water partition coefficient (Wildman–Crippen LogP) is 1.21. The Balaban J connectivity index is 3.23. The Morgan fingerprint density at radius 2 is 1.83 bits per heavy atom. The summed E-state index contributed by atoms with van der Waals surface area (Å²) in [6.45, 7) is 3.55. The van der Waals surface area contributed by atoms with E-state index in [1.54, 1.807) is 19.1 Å². The maximum Gasteiger partial charge on any atom is 0.0782 e. The van der Waals surface area contributed by atoms with E-state index in [4.69, 9.17) is 11.5 Å². The van der Waals surface area contributed by atoms with Crippen LogP contribution in [0.2, 0.25) is 0 Å². The van der Waals surface area contributed by atoms with Gasteiger partial charge in [-0.2, -0.15) is 0 Å². The molecule has 0 heterocycles. The van der Waals surface area contributed by atoms with Crippen LogP contribution >= 0.6 is 0 Å². The summed E-state index contributed by atoms with van der Waals surface area (Å²) in [7, 11) is 0. The van der Waals surface area contributed by atoms with E-state index in [1.165, 1.54) is 0 Å². The highest BCUT2D eigenvalue weighted by molar-refractivity contribution is 5.60. The molecule has 0 bridgehead atoms. The van der Waals surface area contributed by atoms with E-state index in [0.29, 0.717) is 16.9 Å². The van der Waals surface area contributed by atoms with Gasteiger partial charge in [0, 0.05) is 16.9 Å². The Labute approximate surface area is 72.0 Å². The van der Waals surface area contributed by atoms with Crippen LogP contribution in [0.15, 0.2) is 12.1 Å². The van der Waals surface area contributed by atoms with Crippen LogP contribution in [0.5, 0.6) is 0 Å². The van der Waals surface area contributed by atoms with Crippen LogP contribution in [-0.4, -0.2) is 5.11 Å². The van der Waals surface area contributed by atoms with Crippen LogP contribution in [0.25, 0.3) is 0 Å². The normalized spacial score (nSPS) is 12.9. The maximum atomic E-state index is 9.28. The van der Waals surface area contributed by atoms with Crippen LogP contribution in [0, 0.1) is 6.92 Å². The van der Waals surface area contributed by atoms with Crippen molar-refractivity contribution in [3.63, 3.8) is 0 Å². The Morgan fingerprint density at radius 1 is 1.25 bits per heavy atom. The minimum Gasteiger partial charge on any atom is -0.399 e. The van der Waals surface area contributed by atoms with Crippen molar-refractivity contribution in [3.05, 3.63) is 23.3 Å². The van der Waals surface area contributed by atoms with Gasteiger partial charge in [-0.15, -0.1) is 0 Å². The first kappa shape index (κ1) is 8.87. The largest absolute Gasteiger partial charge is 0.399 e. The first-order chi connectivity index (χ1) is 5.52. The molecule has 3 nitrogen and oxygen atoms in total. The minimum absolute atomic E-state index is 0.562. The molecule has 66 valence electrons. The number of aliphatic hydroxyl groups excluding tert-OH is 1. The second kappa shape index (κ2) is 3.03. The monoisotopic (exact) mass is 166 g/mol. The summed E-state index contributed by atoms with van der Waals surface area (Å²) in [6, 6.07) is 3.49. The van der Waals surface area contributed by atoms with Crippen molar-refractivity contribution in [1.82, 2.24) is 0 Å². The van der Waals surface area contributed by atoms with Gasteiger partial charge in [0.15, 0.2) is 0 Å². The predicted molar refractivity (Wildman–Crippen MR) is 50.6 cm³/mol. The van der Waals surface area contributed by atoms with Gasteiger partial charge in [-0.25, -0.2) is 0 Å². The number of anilines is 2. The second-order valence-corrected chi connectivity index (χ2v) is 3.01. The molecule has 1 atom stereocenters. The first-order valence-electron chi connectivity index (χ1n) is 3.86. The lowest BCUT2D eigenvalue weighted by Gasteiger charge is -2.11. The van der Waals surface area contributed by atoms with E-state index >= 15 is 0 Å². The molecule has 0 fully saturated rings. The molecule has 1 aromatic carbocycles. The van der Waals surface area contributed by atoms with Crippen LogP contribution in [-0.2, 0) is 0 Å². The number of rotatable bonds is 1. The number of nitrogen functional groups attached to an aromatic ring is 2. The number of benzene rings is 1. The fourth-order valence-corrected chi connectivity index (χ4v) is 1.13. The molecule has 0 aliphatic rings. The summed E-state index contributed by atoms with van der Waals surface area (Å²) in [4.78, 5) is 0. The zero-order chi connectivity index (χ0) is 9.30. The van der Waals surface area contributed by atoms with Crippen molar-refractivity contribution in [3.8, 4) is 0 Å². The summed E-state index contributed by atoms with van der Waals surface area (Å²) in [6.07, 6.45) is -0.562. The maximum absolute atomic E-state index is 9.28. The molecule has 1 unspecified atom stereocenters. The number of hydrogen-bond donors (Lipinski definition) is 3. The molecule has 0 aliphatic heterocycles. The van der Waals surface area contributed by atoms with Gasteiger partial charge in [-0.05, 0) is 31.5 Å². The molecule has 0 amide bonds. The highest BCUT2D eigenvalue weighted by Gasteiger charge is 2.07. The standard InChI is InChI=1S/C9H14N2O/c1-5-3-9(11)7(6(2)12)4-8(5)10/h3-4,6,12H,10-11H2,1-2H3. The fraction of sp³-hybridized carbons (Fsp3) is 0.333. The molecule has 0 saturated carbocycles. The summed E-state index contributed by atoms with van der Waals surface area (Å²) in [5.74, 6) is 0. The van der Waals surface area contributed by atoms with Crippen molar-refractivity contribution in [2.24, 2.45) is 0 Å². The summed E-state index contributed by atoms with van der Waals surface area (Å²) in [5.41, 5.74) is 14.2. The average molecular weight is 166 g/mol. The zero-order valence-electron chi connectivity index (χ0n) is 7.33. The molecule has 1 rings (SSSR count). The number of hydrogen-bond acceptors (Lipinski definition) is 3. The van der Waals surface area contributed by atoms with E-state index in [2.05, 4.69) is 0 Å². The molecule has 0 saturated heterocycles. The van der Waals surface area contributed by atoms with Gasteiger partial charge in [-0.1, -0.05) is 0 Å². The SMILES string of the molecule is Cc1cc(N)c(C(C)O)cc1N. The van der Waals surface area contributed by atoms with Crippen molar-refractivity contribution in [2.45, 2.75) is 20.0 Å². The van der Waals surface area contributed by atoms with Gasteiger partial charge in [-0.3, -0.25) is 0 Å². The van der Waals surface area contributed by atoms with E-state index < -0.39 is 6.10 Å². The van der Waals surface area contributed by atoms with Gasteiger partial charge in [0.25, 0.3) is 0 Å². The Morgan fingerprint density at radius 3 is 2.33 bits per heavy atom. The van der Waals surface area contributed by atoms with Crippen LogP contribution in [0.3, 0.4) is 0 Å². The molecule has 0 spiro atoms. The third kappa shape index (κ3) is 1.51. The molecule has 0 aromatic heterocycles. The third-order valence-corrected chi connectivity index (χ3v) is 1.92. The average Bonchev–Trinajstić information content (AvgIpc) is 1.96. The quantitative estimate of drug-likeness (QED) is 0.549. The van der Waals surface area contributed by atoms with Crippen LogP contribution in [0.4, 0.5) is 11.4 Å². The molecule has 1 aromatic rings. The van der Waals surface area contributed by atoms with Crippen LogP contribution in [0.1, 0.15) is 24.2 Å².